The number of hydrogen-bond donors (Lipinski definition) is 5. The quantitative estimate of drug-likeness (QED) is 0.0884. The van der Waals surface area contributed by atoms with Gasteiger partial charge in [0.2, 0.25) is 11.6 Å². The predicted molar refractivity (Wildman–Crippen MR) is 182 cm³/mol. The van der Waals surface area contributed by atoms with Crippen molar-refractivity contribution in [2.24, 2.45) is 0 Å². The average Bonchev–Trinajstić information content (AvgIpc) is 3.20. The van der Waals surface area contributed by atoms with Crippen LogP contribution in [0.5, 0.6) is 17.2 Å². The molecular weight excluding hydrogens is 616 g/mol. The number of carboxylic acid groups (broad SMARTS) is 1. The van der Waals surface area contributed by atoms with Gasteiger partial charge in [-0.2, -0.15) is 0 Å². The van der Waals surface area contributed by atoms with Gasteiger partial charge in [0.15, 0.2) is 11.4 Å². The Kier molecular flexibility index (Phi) is 10.4. The monoisotopic (exact) mass is 664 g/mol. The van der Waals surface area contributed by atoms with Gasteiger partial charge in [0, 0.05) is 28.3 Å². The summed E-state index contributed by atoms with van der Waals surface area (Å²) in [6.07, 6.45) is 8.23. The van der Waals surface area contributed by atoms with E-state index in [0.717, 1.165) is 11.1 Å². The fourth-order valence-corrected chi connectivity index (χ4v) is 6.86. The summed E-state index contributed by atoms with van der Waals surface area (Å²) >= 11 is 0. The third-order valence-corrected chi connectivity index (χ3v) is 9.51. The summed E-state index contributed by atoms with van der Waals surface area (Å²) in [7, 11) is 0. The lowest BCUT2D eigenvalue weighted by molar-refractivity contribution is -0.157. The first-order valence-electron chi connectivity index (χ1n) is 16.4. The summed E-state index contributed by atoms with van der Waals surface area (Å²) < 4.78 is 11.9. The van der Waals surface area contributed by atoms with Crippen LogP contribution in [0.2, 0.25) is 0 Å². The molecule has 260 valence electrons. The molecule has 0 amide bonds. The molecule has 1 aliphatic carbocycles. The number of benzene rings is 2. The number of ether oxygens (including phenoxy) is 2. The van der Waals surface area contributed by atoms with E-state index in [-0.39, 0.29) is 45.7 Å². The molecule has 4 rings (SSSR count). The van der Waals surface area contributed by atoms with Crippen molar-refractivity contribution in [1.29, 1.82) is 0 Å². The number of carboxylic acids is 1. The summed E-state index contributed by atoms with van der Waals surface area (Å²) in [4.78, 5) is 39.1. The van der Waals surface area contributed by atoms with E-state index < -0.39 is 46.0 Å². The SMILES string of the molecule is C/C(=C\CC/C(C)=C/CC1(O)C(=O)c2c(O)cc(C)c3c(O)c(C)c(O)c(c23)C1=O)CC/C=C(\CCC1OC(C)(C)OC1(C)C)C(=O)O. The number of hydrogen-bond acceptors (Lipinski definition) is 9. The Labute approximate surface area is 281 Å². The van der Waals surface area contributed by atoms with Crippen molar-refractivity contribution in [3.05, 3.63) is 63.3 Å². The Hall–Kier alpha value is -3.99. The van der Waals surface area contributed by atoms with Crippen LogP contribution in [-0.2, 0) is 14.3 Å². The number of ketones is 2. The van der Waals surface area contributed by atoms with Gasteiger partial charge in [-0.25, -0.2) is 4.79 Å². The van der Waals surface area contributed by atoms with Gasteiger partial charge in [0.25, 0.3) is 0 Å². The largest absolute Gasteiger partial charge is 0.507 e. The molecule has 10 nitrogen and oxygen atoms in total. The molecule has 0 radical (unpaired) electrons. The fourth-order valence-electron chi connectivity index (χ4n) is 6.86. The number of aromatic hydroxyl groups is 3. The summed E-state index contributed by atoms with van der Waals surface area (Å²) in [5.41, 5.74) is -0.960. The Balaban J connectivity index is 1.38. The zero-order valence-electron chi connectivity index (χ0n) is 29.1. The molecule has 2 unspecified atom stereocenters. The third kappa shape index (κ3) is 7.06. The molecule has 2 aliphatic rings. The highest BCUT2D eigenvalue weighted by Gasteiger charge is 2.51. The van der Waals surface area contributed by atoms with Crippen molar-refractivity contribution in [2.75, 3.05) is 0 Å². The number of aliphatic hydroxyl groups is 1. The van der Waals surface area contributed by atoms with Crippen LogP contribution >= 0.6 is 0 Å². The maximum absolute atomic E-state index is 13.6. The third-order valence-electron chi connectivity index (χ3n) is 9.51. The number of Topliss-reactive ketones (excluding diaryl/α,β-unsaturated/α-hetero) is 2. The lowest BCUT2D eigenvalue weighted by Gasteiger charge is -2.32. The van der Waals surface area contributed by atoms with Crippen LogP contribution in [0.1, 0.15) is 118 Å². The Morgan fingerprint density at radius 2 is 1.44 bits per heavy atom. The first-order valence-corrected chi connectivity index (χ1v) is 16.4. The molecule has 0 saturated carbocycles. The normalized spacial score (nSPS) is 22.5. The number of aliphatic carboxylic acids is 1. The van der Waals surface area contributed by atoms with Gasteiger partial charge in [-0.15, -0.1) is 0 Å². The highest BCUT2D eigenvalue weighted by Crippen LogP contribution is 2.49. The second kappa shape index (κ2) is 13.5. The molecule has 2 atom stereocenters. The number of phenols is 3. The fraction of sp³-hybridized carbons (Fsp3) is 0.500. The van der Waals surface area contributed by atoms with Crippen LogP contribution in [0.3, 0.4) is 0 Å². The zero-order chi connectivity index (χ0) is 35.9. The number of carbonyl (C=O) groups is 3. The van der Waals surface area contributed by atoms with Crippen molar-refractivity contribution in [1.82, 2.24) is 0 Å². The highest BCUT2D eigenvalue weighted by molar-refractivity contribution is 6.36. The molecule has 1 aliphatic heterocycles. The minimum atomic E-state index is -2.54. The maximum Gasteiger partial charge on any atom is 0.331 e. The van der Waals surface area contributed by atoms with Crippen molar-refractivity contribution < 1.29 is 49.4 Å². The number of aryl methyl sites for hydroxylation is 1. The second-order valence-electron chi connectivity index (χ2n) is 14.2. The van der Waals surface area contributed by atoms with Gasteiger partial charge in [-0.05, 0) is 106 Å². The van der Waals surface area contributed by atoms with Crippen LogP contribution in [0.25, 0.3) is 10.8 Å². The molecule has 10 heteroatoms. The van der Waals surface area contributed by atoms with Crippen molar-refractivity contribution in [3.8, 4) is 17.2 Å². The van der Waals surface area contributed by atoms with E-state index in [2.05, 4.69) is 6.08 Å². The van der Waals surface area contributed by atoms with Gasteiger partial charge >= 0.3 is 5.97 Å². The van der Waals surface area contributed by atoms with Crippen LogP contribution in [-0.4, -0.2) is 66.2 Å². The number of carbonyl (C=O) groups excluding carboxylic acids is 2. The molecule has 1 fully saturated rings. The summed E-state index contributed by atoms with van der Waals surface area (Å²) in [5, 5.41) is 53.5. The molecule has 48 heavy (non-hydrogen) atoms. The molecule has 1 saturated heterocycles. The topological polar surface area (TPSA) is 171 Å². The van der Waals surface area contributed by atoms with E-state index in [9.17, 15) is 39.9 Å². The molecule has 2 aromatic rings. The van der Waals surface area contributed by atoms with E-state index in [1.54, 1.807) is 19.1 Å². The van der Waals surface area contributed by atoms with E-state index in [1.807, 2.05) is 41.5 Å². The molecule has 2 aromatic carbocycles. The molecule has 5 N–H and O–H groups in total. The number of rotatable bonds is 12. The predicted octanol–water partition coefficient (Wildman–Crippen LogP) is 7.25. The molecule has 0 spiro atoms. The van der Waals surface area contributed by atoms with Gasteiger partial charge in [-0.1, -0.05) is 29.4 Å². The van der Waals surface area contributed by atoms with Gasteiger partial charge in [0.1, 0.15) is 17.2 Å². The number of allylic oxidation sites excluding steroid dienone is 4. The first kappa shape index (κ1) is 36.8. The number of phenolic OH excluding ortho intramolecular Hbond substituents is 3. The molecule has 0 bridgehead atoms. The minimum Gasteiger partial charge on any atom is -0.507 e. The van der Waals surface area contributed by atoms with E-state index in [1.165, 1.54) is 13.0 Å². The highest BCUT2D eigenvalue weighted by atomic mass is 16.8. The lowest BCUT2D eigenvalue weighted by Crippen LogP contribution is -2.49. The first-order chi connectivity index (χ1) is 22.2. The Morgan fingerprint density at radius 1 is 0.854 bits per heavy atom. The van der Waals surface area contributed by atoms with Crippen LogP contribution in [0.15, 0.2) is 41.0 Å². The average molecular weight is 665 g/mol. The smallest absolute Gasteiger partial charge is 0.331 e. The van der Waals surface area contributed by atoms with E-state index in [4.69, 9.17) is 9.47 Å². The second-order valence-corrected chi connectivity index (χ2v) is 14.2. The van der Waals surface area contributed by atoms with Crippen molar-refractivity contribution in [2.45, 2.75) is 123 Å². The summed E-state index contributed by atoms with van der Waals surface area (Å²) in [5.74, 6) is -4.92. The van der Waals surface area contributed by atoms with Gasteiger partial charge in [0.05, 0.1) is 22.8 Å². The summed E-state index contributed by atoms with van der Waals surface area (Å²) in [6.45, 7) is 14.4. The standard InChI is InChI=1S/C38H48O10/c1-20(13-10-14-24(35(44)45)15-16-26-36(5,6)48-37(7,8)47-26)11-9-12-21(2)17-18-38(46)33(42)28-25(39)19-22(3)27-29(28)30(34(38)43)32(41)23(4)31(27)40/h11,14,17,19,26,39-41,46H,9-10,12-13,15-16,18H2,1-8H3,(H,44,45)/b20-11+,21-17+,24-14+. The maximum atomic E-state index is 13.6. The summed E-state index contributed by atoms with van der Waals surface area (Å²) in [6, 6.07) is 1.29. The van der Waals surface area contributed by atoms with Crippen LogP contribution in [0.4, 0.5) is 0 Å². The van der Waals surface area contributed by atoms with E-state index >= 15 is 0 Å². The van der Waals surface area contributed by atoms with Crippen molar-refractivity contribution in [3.63, 3.8) is 0 Å². The Morgan fingerprint density at radius 3 is 2.02 bits per heavy atom. The van der Waals surface area contributed by atoms with E-state index in [0.29, 0.717) is 49.7 Å². The van der Waals surface area contributed by atoms with Crippen LogP contribution in [0, 0.1) is 13.8 Å². The molecular formula is C38H48O10. The van der Waals surface area contributed by atoms with Gasteiger partial charge < -0.3 is 35.0 Å². The minimum absolute atomic E-state index is 0.0350. The zero-order valence-corrected chi connectivity index (χ0v) is 29.1. The molecule has 0 aromatic heterocycles. The van der Waals surface area contributed by atoms with Crippen LogP contribution < -0.4 is 0 Å². The Bertz CT molecular complexity index is 1760. The lowest BCUT2D eigenvalue weighted by atomic mass is 9.73. The molecule has 1 heterocycles. The van der Waals surface area contributed by atoms with Crippen molar-refractivity contribution >= 4 is 28.3 Å². The van der Waals surface area contributed by atoms with Gasteiger partial charge in [-0.3, -0.25) is 9.59 Å².